The fourth-order valence-corrected chi connectivity index (χ4v) is 3.40. The molecule has 0 aromatic heterocycles. The predicted molar refractivity (Wildman–Crippen MR) is 94.5 cm³/mol. The van der Waals surface area contributed by atoms with Crippen LogP contribution in [0.25, 0.3) is 0 Å². The number of imide groups is 1. The normalized spacial score (nSPS) is 19.3. The van der Waals surface area contributed by atoms with Crippen molar-refractivity contribution in [2.75, 3.05) is 25.0 Å². The molecular weight excluding hydrogens is 344 g/mol. The van der Waals surface area contributed by atoms with E-state index in [0.29, 0.717) is 43.2 Å². The van der Waals surface area contributed by atoms with Crippen LogP contribution in [0.3, 0.4) is 0 Å². The van der Waals surface area contributed by atoms with Gasteiger partial charge in [-0.15, -0.1) is 0 Å². The van der Waals surface area contributed by atoms with Crippen molar-refractivity contribution in [1.82, 2.24) is 15.1 Å². The first-order valence-electron chi connectivity index (χ1n) is 8.41. The van der Waals surface area contributed by atoms with E-state index in [4.69, 9.17) is 11.6 Å². The van der Waals surface area contributed by atoms with Crippen LogP contribution in [0.5, 0.6) is 0 Å². The lowest BCUT2D eigenvalue weighted by Gasteiger charge is -2.37. The Kier molecular flexibility index (Phi) is 4.85. The molecule has 2 N–H and O–H groups in total. The molecule has 0 saturated carbocycles. The summed E-state index contributed by atoms with van der Waals surface area (Å²) in [6.07, 6.45) is 1.57. The van der Waals surface area contributed by atoms with Crippen LogP contribution in [0.15, 0.2) is 24.3 Å². The van der Waals surface area contributed by atoms with Crippen molar-refractivity contribution in [2.24, 2.45) is 0 Å². The topological polar surface area (TPSA) is 81.8 Å². The molecule has 1 aromatic rings. The molecule has 134 valence electrons. The van der Waals surface area contributed by atoms with Gasteiger partial charge in [-0.2, -0.15) is 0 Å². The highest BCUT2D eigenvalue weighted by Gasteiger charge is 2.52. The van der Waals surface area contributed by atoms with Crippen LogP contribution in [0.2, 0.25) is 5.02 Å². The molecule has 3 rings (SSSR count). The van der Waals surface area contributed by atoms with Crippen LogP contribution in [0.1, 0.15) is 26.2 Å². The standard InChI is InChI=1S/C17H21ClN4O3/c1-2-9-22-14(23)17(20-16(22)25)7-10-21(11-8-17)15(24)19-13-5-3-12(18)4-6-13/h3-6H,2,7-11H2,1H3,(H,19,24)(H,20,25). The summed E-state index contributed by atoms with van der Waals surface area (Å²) in [5.74, 6) is -0.169. The number of hydrogen-bond donors (Lipinski definition) is 2. The van der Waals surface area contributed by atoms with Gasteiger partial charge in [0, 0.05) is 30.3 Å². The molecule has 1 spiro atoms. The monoisotopic (exact) mass is 364 g/mol. The lowest BCUT2D eigenvalue weighted by atomic mass is 9.87. The molecule has 2 fully saturated rings. The summed E-state index contributed by atoms with van der Waals surface area (Å²) in [7, 11) is 0. The van der Waals surface area contributed by atoms with Gasteiger partial charge in [-0.05, 0) is 43.5 Å². The van der Waals surface area contributed by atoms with Gasteiger partial charge in [0.1, 0.15) is 5.54 Å². The van der Waals surface area contributed by atoms with Gasteiger partial charge in [0.05, 0.1) is 0 Å². The number of likely N-dealkylation sites (tertiary alicyclic amines) is 1. The second-order valence-electron chi connectivity index (χ2n) is 6.39. The zero-order chi connectivity index (χ0) is 18.0. The van der Waals surface area contributed by atoms with Crippen molar-refractivity contribution in [3.05, 3.63) is 29.3 Å². The number of anilines is 1. The van der Waals surface area contributed by atoms with Crippen LogP contribution in [0.4, 0.5) is 15.3 Å². The van der Waals surface area contributed by atoms with E-state index in [1.54, 1.807) is 29.2 Å². The smallest absolute Gasteiger partial charge is 0.324 e. The first-order chi connectivity index (χ1) is 11.9. The molecular formula is C17H21ClN4O3. The van der Waals surface area contributed by atoms with Gasteiger partial charge in [0.25, 0.3) is 5.91 Å². The third-order valence-corrected chi connectivity index (χ3v) is 4.94. The summed E-state index contributed by atoms with van der Waals surface area (Å²) in [6.45, 7) is 3.17. The van der Waals surface area contributed by atoms with Crippen molar-refractivity contribution >= 4 is 35.3 Å². The lowest BCUT2D eigenvalue weighted by molar-refractivity contribution is -0.132. The van der Waals surface area contributed by atoms with Crippen molar-refractivity contribution in [1.29, 1.82) is 0 Å². The Morgan fingerprint density at radius 3 is 2.48 bits per heavy atom. The average Bonchev–Trinajstić information content (AvgIpc) is 2.82. The minimum Gasteiger partial charge on any atom is -0.324 e. The summed E-state index contributed by atoms with van der Waals surface area (Å²) in [5.41, 5.74) is -0.197. The van der Waals surface area contributed by atoms with Gasteiger partial charge < -0.3 is 15.5 Å². The molecule has 8 heteroatoms. The van der Waals surface area contributed by atoms with E-state index < -0.39 is 5.54 Å². The van der Waals surface area contributed by atoms with Crippen LogP contribution >= 0.6 is 11.6 Å². The Balaban J connectivity index is 1.60. The van der Waals surface area contributed by atoms with Gasteiger partial charge in [0.2, 0.25) is 0 Å². The molecule has 2 saturated heterocycles. The maximum atomic E-state index is 12.6. The van der Waals surface area contributed by atoms with Gasteiger partial charge >= 0.3 is 12.1 Å². The molecule has 0 bridgehead atoms. The number of nitrogens with zero attached hydrogens (tertiary/aromatic N) is 2. The number of halogens is 1. The second kappa shape index (κ2) is 6.92. The third-order valence-electron chi connectivity index (χ3n) is 4.69. The number of hydrogen-bond acceptors (Lipinski definition) is 3. The van der Waals surface area contributed by atoms with Crippen LogP contribution in [-0.2, 0) is 4.79 Å². The Morgan fingerprint density at radius 2 is 1.88 bits per heavy atom. The van der Waals surface area contributed by atoms with E-state index in [9.17, 15) is 14.4 Å². The summed E-state index contributed by atoms with van der Waals surface area (Å²) in [5, 5.41) is 6.25. The molecule has 0 atom stereocenters. The number of carbonyl (C=O) groups is 3. The minimum absolute atomic E-state index is 0.169. The van der Waals surface area contributed by atoms with E-state index in [0.717, 1.165) is 6.42 Å². The number of amides is 5. The Labute approximate surface area is 151 Å². The van der Waals surface area contributed by atoms with E-state index in [2.05, 4.69) is 10.6 Å². The number of rotatable bonds is 3. The fraction of sp³-hybridized carbons (Fsp3) is 0.471. The highest BCUT2D eigenvalue weighted by molar-refractivity contribution is 6.30. The molecule has 0 radical (unpaired) electrons. The molecule has 2 heterocycles. The molecule has 25 heavy (non-hydrogen) atoms. The summed E-state index contributed by atoms with van der Waals surface area (Å²) in [6, 6.07) is 6.32. The van der Waals surface area contributed by atoms with Crippen LogP contribution in [0, 0.1) is 0 Å². The molecule has 1 aromatic carbocycles. The largest absolute Gasteiger partial charge is 0.325 e. The Morgan fingerprint density at radius 1 is 1.24 bits per heavy atom. The summed E-state index contributed by atoms with van der Waals surface area (Å²) >= 11 is 5.83. The molecule has 0 aliphatic carbocycles. The van der Waals surface area contributed by atoms with Gasteiger partial charge in [-0.25, -0.2) is 9.59 Å². The summed E-state index contributed by atoms with van der Waals surface area (Å²) in [4.78, 5) is 39.9. The number of piperidine rings is 1. The molecule has 2 aliphatic heterocycles. The Hall–Kier alpha value is -2.28. The van der Waals surface area contributed by atoms with Crippen molar-refractivity contribution in [3.8, 4) is 0 Å². The molecule has 0 unspecified atom stereocenters. The third kappa shape index (κ3) is 3.42. The Bertz CT molecular complexity index is 684. The first-order valence-corrected chi connectivity index (χ1v) is 8.78. The molecule has 2 aliphatic rings. The fourth-order valence-electron chi connectivity index (χ4n) is 3.27. The van der Waals surface area contributed by atoms with E-state index >= 15 is 0 Å². The van der Waals surface area contributed by atoms with Gasteiger partial charge in [0.15, 0.2) is 0 Å². The highest BCUT2D eigenvalue weighted by atomic mass is 35.5. The number of nitrogens with one attached hydrogen (secondary N) is 2. The van der Waals surface area contributed by atoms with Crippen LogP contribution < -0.4 is 10.6 Å². The lowest BCUT2D eigenvalue weighted by Crippen LogP contribution is -2.56. The predicted octanol–water partition coefficient (Wildman–Crippen LogP) is 2.67. The molecule has 7 nitrogen and oxygen atoms in total. The zero-order valence-corrected chi connectivity index (χ0v) is 14.8. The SMILES string of the molecule is CCCN1C(=O)NC2(CCN(C(=O)Nc3ccc(Cl)cc3)CC2)C1=O. The number of urea groups is 2. The zero-order valence-electron chi connectivity index (χ0n) is 14.0. The average molecular weight is 365 g/mol. The van der Waals surface area contributed by atoms with Crippen molar-refractivity contribution in [3.63, 3.8) is 0 Å². The van der Waals surface area contributed by atoms with Crippen LogP contribution in [-0.4, -0.2) is 52.9 Å². The van der Waals surface area contributed by atoms with E-state index in [-0.39, 0.29) is 18.0 Å². The highest BCUT2D eigenvalue weighted by Crippen LogP contribution is 2.30. The van der Waals surface area contributed by atoms with Gasteiger partial charge in [-0.1, -0.05) is 18.5 Å². The maximum absolute atomic E-state index is 12.6. The van der Waals surface area contributed by atoms with E-state index in [1.165, 1.54) is 4.90 Å². The van der Waals surface area contributed by atoms with Crippen molar-refractivity contribution < 1.29 is 14.4 Å². The van der Waals surface area contributed by atoms with Crippen molar-refractivity contribution in [2.45, 2.75) is 31.7 Å². The number of carbonyl (C=O) groups excluding carboxylic acids is 3. The van der Waals surface area contributed by atoms with E-state index in [1.807, 2.05) is 6.92 Å². The molecule has 5 amide bonds. The minimum atomic E-state index is -0.858. The van der Waals surface area contributed by atoms with Gasteiger partial charge in [-0.3, -0.25) is 9.69 Å². The second-order valence-corrected chi connectivity index (χ2v) is 6.83. The maximum Gasteiger partial charge on any atom is 0.325 e. The first kappa shape index (κ1) is 17.5. The quantitative estimate of drug-likeness (QED) is 0.809. The summed E-state index contributed by atoms with van der Waals surface area (Å²) < 4.78 is 0. The number of benzene rings is 1.